The number of hydrogen-bond donors (Lipinski definition) is 4. The Morgan fingerprint density at radius 2 is 1.31 bits per heavy atom. The number of carbonyl (C=O) groups is 4. The normalized spacial score (nSPS) is 12.5. The zero-order valence-electron chi connectivity index (χ0n) is 20.8. The van der Waals surface area contributed by atoms with Crippen LogP contribution in [-0.2, 0) is 37.0 Å². The largest absolute Gasteiger partial charge is 0.467 e. The molecule has 5 N–H and O–H groups in total. The summed E-state index contributed by atoms with van der Waals surface area (Å²) in [5, 5.41) is 7.90. The van der Waals surface area contributed by atoms with Gasteiger partial charge in [0, 0.05) is 13.1 Å². The maximum absolute atomic E-state index is 12.8. The second kappa shape index (κ2) is 14.6. The number of hydrazine groups is 2. The van der Waals surface area contributed by atoms with E-state index in [0.29, 0.717) is 6.54 Å². The third kappa shape index (κ3) is 10.2. The SMILES string of the molecule is COC(=O)[C@H](C)NC(=O)CN(Cc1ccccc1)NC(=O)[C@H](C)NC(=O)CN(N)Cc1ccccc1. The number of methoxy groups -OCH3 is 1. The Labute approximate surface area is 210 Å². The van der Waals surface area contributed by atoms with Crippen molar-refractivity contribution in [3.8, 4) is 0 Å². The zero-order chi connectivity index (χ0) is 26.5. The van der Waals surface area contributed by atoms with E-state index in [9.17, 15) is 19.2 Å². The van der Waals surface area contributed by atoms with Crippen molar-refractivity contribution in [1.29, 1.82) is 0 Å². The molecule has 11 nitrogen and oxygen atoms in total. The van der Waals surface area contributed by atoms with Crippen LogP contribution in [0.25, 0.3) is 0 Å². The van der Waals surface area contributed by atoms with Gasteiger partial charge in [0.2, 0.25) is 11.8 Å². The lowest BCUT2D eigenvalue weighted by atomic mass is 10.2. The molecule has 2 aromatic carbocycles. The van der Waals surface area contributed by atoms with Crippen molar-refractivity contribution < 1.29 is 23.9 Å². The van der Waals surface area contributed by atoms with Gasteiger partial charge in [-0.05, 0) is 25.0 Å². The smallest absolute Gasteiger partial charge is 0.328 e. The molecule has 0 aliphatic carbocycles. The fourth-order valence-electron chi connectivity index (χ4n) is 3.30. The van der Waals surface area contributed by atoms with Crippen molar-refractivity contribution in [3.63, 3.8) is 0 Å². The molecule has 0 aliphatic rings. The molecule has 0 aliphatic heterocycles. The molecule has 36 heavy (non-hydrogen) atoms. The summed E-state index contributed by atoms with van der Waals surface area (Å²) in [4.78, 5) is 49.3. The predicted molar refractivity (Wildman–Crippen MR) is 133 cm³/mol. The van der Waals surface area contributed by atoms with E-state index in [1.165, 1.54) is 31.0 Å². The molecule has 2 rings (SSSR count). The quantitative estimate of drug-likeness (QED) is 0.173. The van der Waals surface area contributed by atoms with E-state index in [0.717, 1.165) is 11.1 Å². The van der Waals surface area contributed by atoms with Crippen molar-refractivity contribution in [2.45, 2.75) is 39.0 Å². The summed E-state index contributed by atoms with van der Waals surface area (Å²) in [6.07, 6.45) is 0. The number of nitrogens with zero attached hydrogens (tertiary/aromatic N) is 2. The molecule has 0 fully saturated rings. The molecular weight excluding hydrogens is 464 g/mol. The van der Waals surface area contributed by atoms with Crippen LogP contribution in [0.3, 0.4) is 0 Å². The van der Waals surface area contributed by atoms with Gasteiger partial charge in [0.15, 0.2) is 0 Å². The number of nitrogens with one attached hydrogen (secondary N) is 3. The standard InChI is InChI=1S/C25H34N6O5/c1-18(27-22(32)16-30(26)14-20-10-6-4-7-11-20)24(34)29-31(15-21-12-8-5-9-13-21)17-23(33)28-19(2)25(35)36-3/h4-13,18-19H,14-17,26H2,1-3H3,(H,27,32)(H,28,33)(H,29,34)/t18-,19-/m0/s1. The Balaban J connectivity index is 1.93. The van der Waals surface area contributed by atoms with Gasteiger partial charge in [-0.1, -0.05) is 60.7 Å². The van der Waals surface area contributed by atoms with Crippen LogP contribution in [0.5, 0.6) is 0 Å². The molecule has 0 bridgehead atoms. The van der Waals surface area contributed by atoms with Crippen LogP contribution in [0.4, 0.5) is 0 Å². The number of rotatable bonds is 13. The van der Waals surface area contributed by atoms with Crippen LogP contribution in [0.1, 0.15) is 25.0 Å². The van der Waals surface area contributed by atoms with Crippen molar-refractivity contribution >= 4 is 23.7 Å². The highest BCUT2D eigenvalue weighted by Crippen LogP contribution is 2.04. The number of ether oxygens (including phenoxy) is 1. The summed E-state index contributed by atoms with van der Waals surface area (Å²) in [7, 11) is 1.23. The summed E-state index contributed by atoms with van der Waals surface area (Å²) >= 11 is 0. The lowest BCUT2D eigenvalue weighted by Gasteiger charge is -2.26. The summed E-state index contributed by atoms with van der Waals surface area (Å²) in [5.41, 5.74) is 4.47. The van der Waals surface area contributed by atoms with E-state index >= 15 is 0 Å². The minimum atomic E-state index is -0.891. The first-order valence-corrected chi connectivity index (χ1v) is 11.5. The Hall–Kier alpha value is -3.80. The molecule has 11 heteroatoms. The van der Waals surface area contributed by atoms with E-state index in [1.807, 2.05) is 60.7 Å². The van der Waals surface area contributed by atoms with Crippen LogP contribution in [0.2, 0.25) is 0 Å². The average molecular weight is 499 g/mol. The van der Waals surface area contributed by atoms with E-state index in [-0.39, 0.29) is 19.6 Å². The molecule has 3 amide bonds. The molecule has 0 saturated heterocycles. The average Bonchev–Trinajstić information content (AvgIpc) is 2.84. The summed E-state index contributed by atoms with van der Waals surface area (Å²) in [6.45, 7) is 3.30. The Bertz CT molecular complexity index is 1000. The third-order valence-corrected chi connectivity index (χ3v) is 5.10. The van der Waals surface area contributed by atoms with Crippen LogP contribution in [0.15, 0.2) is 60.7 Å². The van der Waals surface area contributed by atoms with Crippen LogP contribution >= 0.6 is 0 Å². The van der Waals surface area contributed by atoms with E-state index < -0.39 is 35.8 Å². The highest BCUT2D eigenvalue weighted by atomic mass is 16.5. The number of hydrogen-bond acceptors (Lipinski definition) is 8. The highest BCUT2D eigenvalue weighted by molar-refractivity contribution is 5.88. The van der Waals surface area contributed by atoms with Gasteiger partial charge >= 0.3 is 5.97 Å². The monoisotopic (exact) mass is 498 g/mol. The second-order valence-corrected chi connectivity index (χ2v) is 8.31. The van der Waals surface area contributed by atoms with Gasteiger partial charge in [-0.3, -0.25) is 25.7 Å². The Morgan fingerprint density at radius 3 is 1.86 bits per heavy atom. The molecule has 0 saturated carbocycles. The first-order chi connectivity index (χ1) is 17.2. The minimum Gasteiger partial charge on any atom is -0.467 e. The van der Waals surface area contributed by atoms with Crippen molar-refractivity contribution in [2.75, 3.05) is 20.2 Å². The number of nitrogens with two attached hydrogens (primary N) is 1. The van der Waals surface area contributed by atoms with Crippen LogP contribution in [-0.4, -0.2) is 66.0 Å². The fraction of sp³-hybridized carbons (Fsp3) is 0.360. The molecule has 194 valence electrons. The van der Waals surface area contributed by atoms with Crippen molar-refractivity contribution in [2.24, 2.45) is 5.84 Å². The van der Waals surface area contributed by atoms with Gasteiger partial charge in [-0.15, -0.1) is 0 Å². The summed E-state index contributed by atoms with van der Waals surface area (Å²) in [6, 6.07) is 17.0. The van der Waals surface area contributed by atoms with E-state index in [4.69, 9.17) is 5.84 Å². The van der Waals surface area contributed by atoms with Gasteiger partial charge in [0.05, 0.1) is 20.2 Å². The Kier molecular flexibility index (Phi) is 11.5. The molecule has 2 atom stereocenters. The molecule has 0 spiro atoms. The van der Waals surface area contributed by atoms with Crippen LogP contribution in [0, 0.1) is 0 Å². The number of carbonyl (C=O) groups excluding carboxylic acids is 4. The van der Waals surface area contributed by atoms with Gasteiger partial charge < -0.3 is 15.4 Å². The number of amides is 3. The minimum absolute atomic E-state index is 0.103. The molecular formula is C25H34N6O5. The third-order valence-electron chi connectivity index (χ3n) is 5.10. The second-order valence-electron chi connectivity index (χ2n) is 8.31. The Morgan fingerprint density at radius 1 is 0.806 bits per heavy atom. The number of esters is 1. The maximum atomic E-state index is 12.8. The van der Waals surface area contributed by atoms with E-state index in [2.05, 4.69) is 20.8 Å². The topological polar surface area (TPSA) is 146 Å². The number of benzene rings is 2. The van der Waals surface area contributed by atoms with Gasteiger partial charge in [0.25, 0.3) is 5.91 Å². The summed E-state index contributed by atoms with van der Waals surface area (Å²) < 4.78 is 4.62. The molecule has 0 heterocycles. The summed E-state index contributed by atoms with van der Waals surface area (Å²) in [5.74, 6) is 3.93. The predicted octanol–water partition coefficient (Wildman–Crippen LogP) is 0.0781. The first-order valence-electron chi connectivity index (χ1n) is 11.5. The van der Waals surface area contributed by atoms with Crippen molar-refractivity contribution in [3.05, 3.63) is 71.8 Å². The maximum Gasteiger partial charge on any atom is 0.328 e. The molecule has 2 aromatic rings. The highest BCUT2D eigenvalue weighted by Gasteiger charge is 2.22. The van der Waals surface area contributed by atoms with Crippen molar-refractivity contribution in [1.82, 2.24) is 26.1 Å². The van der Waals surface area contributed by atoms with Gasteiger partial charge in [-0.2, -0.15) is 0 Å². The first kappa shape index (κ1) is 28.4. The van der Waals surface area contributed by atoms with Crippen LogP contribution < -0.4 is 21.9 Å². The molecule has 0 radical (unpaired) electrons. The van der Waals surface area contributed by atoms with Gasteiger partial charge in [-0.25, -0.2) is 14.8 Å². The van der Waals surface area contributed by atoms with E-state index in [1.54, 1.807) is 0 Å². The fourth-order valence-corrected chi connectivity index (χ4v) is 3.30. The molecule has 0 aromatic heterocycles. The molecule has 0 unspecified atom stereocenters. The lowest BCUT2D eigenvalue weighted by Crippen LogP contribution is -2.55. The zero-order valence-corrected chi connectivity index (χ0v) is 20.8. The van der Waals surface area contributed by atoms with Gasteiger partial charge in [0.1, 0.15) is 12.1 Å². The lowest BCUT2D eigenvalue weighted by molar-refractivity contribution is -0.145.